The maximum Gasteiger partial charge on any atom is 0.140 e. The maximum absolute atomic E-state index is 9.04. The molecule has 2 nitrogen and oxygen atoms in total. The molecule has 0 radical (unpaired) electrons. The maximum atomic E-state index is 9.04. The van der Waals surface area contributed by atoms with Crippen molar-refractivity contribution in [2.24, 2.45) is 0 Å². The van der Waals surface area contributed by atoms with Gasteiger partial charge in [-0.2, -0.15) is 5.26 Å². The van der Waals surface area contributed by atoms with E-state index in [-0.39, 0.29) is 0 Å². The first-order valence-electron chi connectivity index (χ1n) is 5.11. The van der Waals surface area contributed by atoms with Crippen molar-refractivity contribution in [2.45, 2.75) is 6.92 Å². The van der Waals surface area contributed by atoms with Crippen LogP contribution in [0.5, 0.6) is 0 Å². The third kappa shape index (κ3) is 3.88. The van der Waals surface area contributed by atoms with Gasteiger partial charge in [-0.05, 0) is 12.5 Å². The second kappa shape index (κ2) is 6.43. The minimum atomic E-state index is 0.686. The van der Waals surface area contributed by atoms with Crippen molar-refractivity contribution in [3.63, 3.8) is 0 Å². The number of hydrogen-bond donors (Lipinski definition) is 0. The van der Waals surface area contributed by atoms with Gasteiger partial charge in [0, 0.05) is 24.6 Å². The highest BCUT2D eigenvalue weighted by molar-refractivity contribution is 8.29. The lowest BCUT2D eigenvalue weighted by Gasteiger charge is -2.15. The normalized spacial score (nSPS) is 11.4. The zero-order valence-corrected chi connectivity index (χ0v) is 11.7. The van der Waals surface area contributed by atoms with Crippen LogP contribution in [-0.2, 0) is 0 Å². The van der Waals surface area contributed by atoms with Crippen LogP contribution >= 0.6 is 24.0 Å². The van der Waals surface area contributed by atoms with E-state index in [1.165, 1.54) is 11.8 Å². The van der Waals surface area contributed by atoms with Crippen LogP contribution in [0, 0.1) is 11.3 Å². The smallest absolute Gasteiger partial charge is 0.140 e. The number of nitrogens with zero attached hydrogens (tertiary/aromatic N) is 2. The van der Waals surface area contributed by atoms with Crippen molar-refractivity contribution < 1.29 is 0 Å². The van der Waals surface area contributed by atoms with E-state index < -0.39 is 0 Å². The summed E-state index contributed by atoms with van der Waals surface area (Å²) in [5.41, 5.74) is 1.71. The number of allylic oxidation sites excluding steroid dienone is 1. The summed E-state index contributed by atoms with van der Waals surface area (Å²) in [7, 11) is 3.80. The minimum absolute atomic E-state index is 0.686. The molecule has 0 bridgehead atoms. The molecule has 0 aliphatic rings. The molecule has 0 spiro atoms. The van der Waals surface area contributed by atoms with Gasteiger partial charge in [-0.1, -0.05) is 54.3 Å². The molecule has 17 heavy (non-hydrogen) atoms. The molecule has 0 saturated heterocycles. The molecule has 0 aliphatic carbocycles. The SMILES string of the molecule is C/C(C#N)=C(\SC(=S)N(C)C)c1ccccc1. The quantitative estimate of drug-likeness (QED) is 0.602. The van der Waals surface area contributed by atoms with Gasteiger partial charge in [0.1, 0.15) is 4.32 Å². The van der Waals surface area contributed by atoms with Crippen LogP contribution in [0.2, 0.25) is 0 Å². The van der Waals surface area contributed by atoms with Gasteiger partial charge in [-0.3, -0.25) is 0 Å². The summed E-state index contributed by atoms with van der Waals surface area (Å²) in [6, 6.07) is 12.0. The Morgan fingerprint density at radius 1 is 1.29 bits per heavy atom. The Hall–Kier alpha value is -1.31. The van der Waals surface area contributed by atoms with Crippen molar-refractivity contribution in [3.05, 3.63) is 41.5 Å². The van der Waals surface area contributed by atoms with Crippen molar-refractivity contribution in [3.8, 4) is 6.07 Å². The molecule has 0 N–H and O–H groups in total. The van der Waals surface area contributed by atoms with Gasteiger partial charge in [0.25, 0.3) is 0 Å². The van der Waals surface area contributed by atoms with E-state index in [2.05, 4.69) is 6.07 Å². The molecule has 0 heterocycles. The van der Waals surface area contributed by atoms with Crippen LogP contribution in [-0.4, -0.2) is 23.3 Å². The molecule has 0 amide bonds. The fraction of sp³-hybridized carbons (Fsp3) is 0.231. The monoisotopic (exact) mass is 262 g/mol. The highest BCUT2D eigenvalue weighted by atomic mass is 32.2. The number of hydrogen-bond acceptors (Lipinski definition) is 3. The lowest BCUT2D eigenvalue weighted by molar-refractivity contribution is 0.648. The largest absolute Gasteiger partial charge is 0.363 e. The van der Waals surface area contributed by atoms with Crippen LogP contribution in [0.3, 0.4) is 0 Å². The van der Waals surface area contributed by atoms with Crippen LogP contribution < -0.4 is 0 Å². The summed E-state index contributed by atoms with van der Waals surface area (Å²) in [4.78, 5) is 2.79. The van der Waals surface area contributed by atoms with Crippen molar-refractivity contribution >= 4 is 33.2 Å². The van der Waals surface area contributed by atoms with Crippen LogP contribution in [0.1, 0.15) is 12.5 Å². The first-order chi connectivity index (χ1) is 8.06. The number of nitriles is 1. The third-order valence-electron chi connectivity index (χ3n) is 2.10. The van der Waals surface area contributed by atoms with E-state index >= 15 is 0 Å². The molecule has 0 saturated carbocycles. The summed E-state index contributed by atoms with van der Waals surface area (Å²) in [6.45, 7) is 1.81. The van der Waals surface area contributed by atoms with Gasteiger partial charge in [0.15, 0.2) is 0 Å². The van der Waals surface area contributed by atoms with Crippen LogP contribution in [0.25, 0.3) is 4.91 Å². The molecule has 0 atom stereocenters. The minimum Gasteiger partial charge on any atom is -0.363 e. The Morgan fingerprint density at radius 2 is 1.88 bits per heavy atom. The molecule has 0 aromatic heterocycles. The van der Waals surface area contributed by atoms with Crippen molar-refractivity contribution in [2.75, 3.05) is 14.1 Å². The van der Waals surface area contributed by atoms with Crippen LogP contribution in [0.4, 0.5) is 0 Å². The Balaban J connectivity index is 3.09. The fourth-order valence-electron chi connectivity index (χ4n) is 1.17. The second-order valence-corrected chi connectivity index (χ2v) is 5.34. The molecular formula is C13H14N2S2. The second-order valence-electron chi connectivity index (χ2n) is 3.69. The molecule has 4 heteroatoms. The highest BCUT2D eigenvalue weighted by Gasteiger charge is 2.10. The predicted octanol–water partition coefficient (Wildman–Crippen LogP) is 3.52. The van der Waals surface area contributed by atoms with Gasteiger partial charge < -0.3 is 4.90 Å². The lowest BCUT2D eigenvalue weighted by atomic mass is 10.1. The standard InChI is InChI=1S/C13H14N2S2/c1-10(9-14)12(17-13(16)15(2)3)11-7-5-4-6-8-11/h4-8H,1-3H3/b12-10+. The molecule has 1 aromatic carbocycles. The predicted molar refractivity (Wildman–Crippen MR) is 78.5 cm³/mol. The molecule has 0 aliphatic heterocycles. The topological polar surface area (TPSA) is 27.0 Å². The third-order valence-corrected chi connectivity index (χ3v) is 4.00. The summed E-state index contributed by atoms with van der Waals surface area (Å²) in [5, 5.41) is 9.04. The van der Waals surface area contributed by atoms with Crippen molar-refractivity contribution in [1.82, 2.24) is 4.90 Å². The lowest BCUT2D eigenvalue weighted by Crippen LogP contribution is -2.16. The Bertz CT molecular complexity index is 470. The van der Waals surface area contributed by atoms with Gasteiger partial charge >= 0.3 is 0 Å². The fourth-order valence-corrected chi connectivity index (χ4v) is 2.23. The van der Waals surface area contributed by atoms with E-state index in [0.29, 0.717) is 5.57 Å². The van der Waals surface area contributed by atoms with Gasteiger partial charge in [0.05, 0.1) is 6.07 Å². The highest BCUT2D eigenvalue weighted by Crippen LogP contribution is 2.32. The molecule has 88 valence electrons. The van der Waals surface area contributed by atoms with Crippen LogP contribution in [0.15, 0.2) is 35.9 Å². The number of thiocarbonyl (C=S) groups is 1. The van der Waals surface area contributed by atoms with E-state index in [1.54, 1.807) is 0 Å². The van der Waals surface area contributed by atoms with E-state index in [1.807, 2.05) is 56.3 Å². The zero-order chi connectivity index (χ0) is 12.8. The number of thioether (sulfide) groups is 1. The van der Waals surface area contributed by atoms with Gasteiger partial charge in [-0.25, -0.2) is 0 Å². The summed E-state index contributed by atoms with van der Waals surface area (Å²) >= 11 is 6.72. The van der Waals surface area contributed by atoms with Gasteiger partial charge in [0.2, 0.25) is 0 Å². The molecule has 0 fully saturated rings. The molecule has 1 aromatic rings. The Morgan fingerprint density at radius 3 is 2.35 bits per heavy atom. The van der Waals surface area contributed by atoms with E-state index in [9.17, 15) is 0 Å². The van der Waals surface area contributed by atoms with E-state index in [0.717, 1.165) is 14.8 Å². The Kier molecular flexibility index (Phi) is 5.20. The average molecular weight is 262 g/mol. The number of benzene rings is 1. The zero-order valence-electron chi connectivity index (χ0n) is 10.1. The molecular weight excluding hydrogens is 248 g/mol. The summed E-state index contributed by atoms with van der Waals surface area (Å²) < 4.78 is 0.749. The first-order valence-corrected chi connectivity index (χ1v) is 6.34. The molecule has 1 rings (SSSR count). The average Bonchev–Trinajstić information content (AvgIpc) is 2.35. The summed E-state index contributed by atoms with van der Waals surface area (Å²) in [5.74, 6) is 0. The molecule has 0 unspecified atom stereocenters. The first kappa shape index (κ1) is 13.8. The van der Waals surface area contributed by atoms with Crippen molar-refractivity contribution in [1.29, 1.82) is 5.26 Å². The Labute approximate surface area is 112 Å². The number of rotatable bonds is 2. The summed E-state index contributed by atoms with van der Waals surface area (Å²) in [6.07, 6.45) is 0. The van der Waals surface area contributed by atoms with E-state index in [4.69, 9.17) is 17.5 Å². The van der Waals surface area contributed by atoms with Gasteiger partial charge in [-0.15, -0.1) is 0 Å².